The van der Waals surface area contributed by atoms with Crippen LogP contribution in [0.5, 0.6) is 0 Å². The Bertz CT molecular complexity index is 655. The first-order chi connectivity index (χ1) is 10.1. The van der Waals surface area contributed by atoms with Crippen molar-refractivity contribution in [2.24, 2.45) is 0 Å². The zero-order valence-electron chi connectivity index (χ0n) is 12.0. The van der Waals surface area contributed by atoms with E-state index in [1.807, 2.05) is 6.92 Å². The minimum Gasteiger partial charge on any atom is -0.478 e. The Hall–Kier alpha value is -2.36. The summed E-state index contributed by atoms with van der Waals surface area (Å²) in [5.41, 5.74) is 3.83. The van der Waals surface area contributed by atoms with Crippen molar-refractivity contribution in [2.75, 3.05) is 18.0 Å². The number of hydrogen-bond acceptors (Lipinski definition) is 3. The van der Waals surface area contributed by atoms with Crippen molar-refractivity contribution in [1.82, 2.24) is 4.98 Å². The second kappa shape index (κ2) is 5.56. The largest absolute Gasteiger partial charge is 0.478 e. The van der Waals surface area contributed by atoms with Gasteiger partial charge in [0.05, 0.1) is 0 Å². The lowest BCUT2D eigenvalue weighted by atomic mass is 10.0. The molecule has 2 heterocycles. The lowest BCUT2D eigenvalue weighted by molar-refractivity contribution is 0.0697. The maximum absolute atomic E-state index is 11.4. The van der Waals surface area contributed by atoms with Crippen LogP contribution in [0.25, 0.3) is 0 Å². The van der Waals surface area contributed by atoms with Gasteiger partial charge in [-0.3, -0.25) is 0 Å². The van der Waals surface area contributed by atoms with E-state index < -0.39 is 5.97 Å². The van der Waals surface area contributed by atoms with Gasteiger partial charge in [-0.15, -0.1) is 0 Å². The summed E-state index contributed by atoms with van der Waals surface area (Å²) in [4.78, 5) is 18.0. The molecule has 2 aromatic rings. The third-order valence-electron chi connectivity index (χ3n) is 3.96. The van der Waals surface area contributed by atoms with Crippen LogP contribution in [0.1, 0.15) is 27.2 Å². The van der Waals surface area contributed by atoms with Crippen molar-refractivity contribution >= 4 is 11.8 Å². The molecule has 21 heavy (non-hydrogen) atoms. The van der Waals surface area contributed by atoms with Crippen LogP contribution < -0.4 is 4.90 Å². The highest BCUT2D eigenvalue weighted by Gasteiger charge is 2.20. The number of pyridine rings is 1. The molecule has 0 aliphatic carbocycles. The number of carboxylic acid groups (broad SMARTS) is 1. The van der Waals surface area contributed by atoms with E-state index in [0.717, 1.165) is 31.6 Å². The van der Waals surface area contributed by atoms with E-state index in [-0.39, 0.29) is 5.56 Å². The average Bonchev–Trinajstić information content (AvgIpc) is 2.69. The topological polar surface area (TPSA) is 53.4 Å². The SMILES string of the molecule is Cc1ccc(C(=O)O)c(N2CCc3ccccc3CC2)n1. The highest BCUT2D eigenvalue weighted by molar-refractivity contribution is 5.93. The molecule has 0 atom stereocenters. The number of aromatic nitrogens is 1. The van der Waals surface area contributed by atoms with Crippen molar-refractivity contribution in [3.8, 4) is 0 Å². The van der Waals surface area contributed by atoms with E-state index in [9.17, 15) is 9.90 Å². The maximum Gasteiger partial charge on any atom is 0.339 e. The van der Waals surface area contributed by atoms with Gasteiger partial charge in [0, 0.05) is 18.8 Å². The quantitative estimate of drug-likeness (QED) is 0.920. The van der Waals surface area contributed by atoms with Gasteiger partial charge in [-0.1, -0.05) is 24.3 Å². The van der Waals surface area contributed by atoms with Crippen LogP contribution >= 0.6 is 0 Å². The van der Waals surface area contributed by atoms with Gasteiger partial charge in [0.2, 0.25) is 0 Å². The number of aromatic carboxylic acids is 1. The second-order valence-electron chi connectivity index (χ2n) is 5.38. The van der Waals surface area contributed by atoms with Gasteiger partial charge < -0.3 is 10.0 Å². The van der Waals surface area contributed by atoms with Gasteiger partial charge in [0.15, 0.2) is 0 Å². The summed E-state index contributed by atoms with van der Waals surface area (Å²) in [6.07, 6.45) is 1.84. The predicted octanol–water partition coefficient (Wildman–Crippen LogP) is 2.69. The summed E-state index contributed by atoms with van der Waals surface area (Å²) in [6, 6.07) is 11.8. The number of nitrogens with zero attached hydrogens (tertiary/aromatic N) is 2. The Balaban J connectivity index is 1.93. The van der Waals surface area contributed by atoms with Crippen molar-refractivity contribution in [3.63, 3.8) is 0 Å². The van der Waals surface area contributed by atoms with Crippen molar-refractivity contribution < 1.29 is 9.90 Å². The third kappa shape index (κ3) is 2.75. The van der Waals surface area contributed by atoms with Gasteiger partial charge in [-0.05, 0) is 43.0 Å². The monoisotopic (exact) mass is 282 g/mol. The fourth-order valence-corrected chi connectivity index (χ4v) is 2.83. The summed E-state index contributed by atoms with van der Waals surface area (Å²) in [6.45, 7) is 3.49. The van der Waals surface area contributed by atoms with Crippen LogP contribution in [0.2, 0.25) is 0 Å². The standard InChI is InChI=1S/C17H18N2O2/c1-12-6-7-15(17(20)21)16(18-12)19-10-8-13-4-2-3-5-14(13)9-11-19/h2-7H,8-11H2,1H3,(H,20,21). The first-order valence-electron chi connectivity index (χ1n) is 7.18. The van der Waals surface area contributed by atoms with Crippen LogP contribution in [0.4, 0.5) is 5.82 Å². The molecule has 0 amide bonds. The van der Waals surface area contributed by atoms with Crippen molar-refractivity contribution in [2.45, 2.75) is 19.8 Å². The Morgan fingerprint density at radius 3 is 2.29 bits per heavy atom. The Kier molecular flexibility index (Phi) is 3.60. The van der Waals surface area contributed by atoms with Crippen LogP contribution in [0.3, 0.4) is 0 Å². The summed E-state index contributed by atoms with van der Waals surface area (Å²) in [7, 11) is 0. The number of fused-ring (bicyclic) bond motifs is 1. The van der Waals surface area contributed by atoms with Gasteiger partial charge >= 0.3 is 5.97 Å². The summed E-state index contributed by atoms with van der Waals surface area (Å²) >= 11 is 0. The first kappa shape index (κ1) is 13.6. The first-order valence-corrected chi connectivity index (χ1v) is 7.18. The predicted molar refractivity (Wildman–Crippen MR) is 82.0 cm³/mol. The zero-order valence-corrected chi connectivity index (χ0v) is 12.0. The summed E-state index contributed by atoms with van der Waals surface area (Å²) in [5, 5.41) is 9.36. The maximum atomic E-state index is 11.4. The smallest absolute Gasteiger partial charge is 0.339 e. The van der Waals surface area contributed by atoms with E-state index in [0.29, 0.717) is 5.82 Å². The number of hydrogen-bond donors (Lipinski definition) is 1. The number of benzene rings is 1. The minimum absolute atomic E-state index is 0.284. The number of carbonyl (C=O) groups is 1. The number of rotatable bonds is 2. The van der Waals surface area contributed by atoms with Gasteiger partial charge in [-0.25, -0.2) is 9.78 Å². The fourth-order valence-electron chi connectivity index (χ4n) is 2.83. The molecule has 4 heteroatoms. The molecule has 0 unspecified atom stereocenters. The van der Waals surface area contributed by atoms with E-state index in [4.69, 9.17) is 0 Å². The van der Waals surface area contributed by atoms with Crippen LogP contribution in [0, 0.1) is 6.92 Å². The molecule has 4 nitrogen and oxygen atoms in total. The molecule has 1 aliphatic rings. The molecule has 3 rings (SSSR count). The number of anilines is 1. The van der Waals surface area contributed by atoms with Crippen LogP contribution in [-0.4, -0.2) is 29.1 Å². The molecule has 0 spiro atoms. The van der Waals surface area contributed by atoms with E-state index in [2.05, 4.69) is 34.1 Å². The van der Waals surface area contributed by atoms with E-state index in [1.54, 1.807) is 12.1 Å². The van der Waals surface area contributed by atoms with E-state index >= 15 is 0 Å². The number of carboxylic acids is 1. The number of aryl methyl sites for hydroxylation is 1. The molecule has 0 saturated heterocycles. The van der Waals surface area contributed by atoms with Gasteiger partial charge in [0.1, 0.15) is 11.4 Å². The van der Waals surface area contributed by atoms with Gasteiger partial charge in [-0.2, -0.15) is 0 Å². The molecule has 0 radical (unpaired) electrons. The molecule has 0 saturated carbocycles. The highest BCUT2D eigenvalue weighted by atomic mass is 16.4. The molecule has 1 aliphatic heterocycles. The van der Waals surface area contributed by atoms with Crippen LogP contribution in [0.15, 0.2) is 36.4 Å². The summed E-state index contributed by atoms with van der Waals surface area (Å²) in [5.74, 6) is -0.324. The van der Waals surface area contributed by atoms with Crippen molar-refractivity contribution in [1.29, 1.82) is 0 Å². The highest BCUT2D eigenvalue weighted by Crippen LogP contribution is 2.23. The molecular weight excluding hydrogens is 264 g/mol. The fraction of sp³-hybridized carbons (Fsp3) is 0.294. The minimum atomic E-state index is -0.917. The van der Waals surface area contributed by atoms with Gasteiger partial charge in [0.25, 0.3) is 0 Å². The molecule has 1 aromatic carbocycles. The Morgan fingerprint density at radius 2 is 1.71 bits per heavy atom. The zero-order chi connectivity index (χ0) is 14.8. The molecular formula is C17H18N2O2. The summed E-state index contributed by atoms with van der Waals surface area (Å²) < 4.78 is 0. The second-order valence-corrected chi connectivity index (χ2v) is 5.38. The van der Waals surface area contributed by atoms with E-state index in [1.165, 1.54) is 11.1 Å². The van der Waals surface area contributed by atoms with Crippen LogP contribution in [-0.2, 0) is 12.8 Å². The molecule has 0 fully saturated rings. The molecule has 0 bridgehead atoms. The lowest BCUT2D eigenvalue weighted by Gasteiger charge is -2.23. The Labute approximate surface area is 124 Å². The van der Waals surface area contributed by atoms with Crippen molar-refractivity contribution in [3.05, 3.63) is 58.8 Å². The third-order valence-corrected chi connectivity index (χ3v) is 3.96. The average molecular weight is 282 g/mol. The molecule has 1 N–H and O–H groups in total. The Morgan fingerprint density at radius 1 is 1.10 bits per heavy atom. The lowest BCUT2D eigenvalue weighted by Crippen LogP contribution is -2.29. The molecule has 108 valence electrons. The normalized spacial score (nSPS) is 14.4. The molecule has 1 aromatic heterocycles.